The normalized spacial score (nSPS) is 40.0. The van der Waals surface area contributed by atoms with Crippen molar-refractivity contribution in [1.29, 1.82) is 0 Å². The van der Waals surface area contributed by atoms with E-state index in [4.69, 9.17) is 14.2 Å². The Morgan fingerprint density at radius 3 is 2.50 bits per heavy atom. The van der Waals surface area contributed by atoms with Gasteiger partial charge in [-0.1, -0.05) is 6.92 Å². The van der Waals surface area contributed by atoms with Gasteiger partial charge in [-0.25, -0.2) is 4.79 Å². The van der Waals surface area contributed by atoms with E-state index < -0.39 is 11.2 Å². The first-order valence-electron chi connectivity index (χ1n) is 5.93. The molecule has 1 spiro atoms. The van der Waals surface area contributed by atoms with Crippen LogP contribution in [-0.2, 0) is 19.0 Å². The van der Waals surface area contributed by atoms with Crippen molar-refractivity contribution in [2.45, 2.75) is 57.3 Å². The molecule has 0 aromatic carbocycles. The highest BCUT2D eigenvalue weighted by atomic mass is 16.7. The molecule has 2 heterocycles. The van der Waals surface area contributed by atoms with Crippen LogP contribution in [-0.4, -0.2) is 36.0 Å². The highest BCUT2D eigenvalue weighted by molar-refractivity contribution is 5.85. The predicted molar refractivity (Wildman–Crippen MR) is 58.1 cm³/mol. The Morgan fingerprint density at radius 1 is 1.38 bits per heavy atom. The zero-order chi connectivity index (χ0) is 12.0. The van der Waals surface area contributed by atoms with E-state index in [1.807, 2.05) is 27.7 Å². The predicted octanol–water partition coefficient (Wildman–Crippen LogP) is 1.67. The molecule has 4 nitrogen and oxygen atoms in total. The van der Waals surface area contributed by atoms with Crippen molar-refractivity contribution in [1.82, 2.24) is 0 Å². The molecule has 0 aromatic rings. The Labute approximate surface area is 96.2 Å². The smallest absolute Gasteiger partial charge is 0.341 e. The number of hydrogen-bond acceptors (Lipinski definition) is 4. The zero-order valence-corrected chi connectivity index (χ0v) is 10.5. The third-order valence-electron chi connectivity index (χ3n) is 3.57. The maximum atomic E-state index is 11.9. The van der Waals surface area contributed by atoms with Crippen LogP contribution in [0, 0.1) is 0 Å². The topological polar surface area (TPSA) is 48.1 Å². The summed E-state index contributed by atoms with van der Waals surface area (Å²) < 4.78 is 16.5. The summed E-state index contributed by atoms with van der Waals surface area (Å²) in [7, 11) is 0. The molecule has 2 aliphatic rings. The van der Waals surface area contributed by atoms with Gasteiger partial charge in [-0.15, -0.1) is 0 Å². The van der Waals surface area contributed by atoms with Crippen LogP contribution in [0.1, 0.15) is 40.5 Å². The Kier molecular flexibility index (Phi) is 2.55. The molecule has 0 bridgehead atoms. The van der Waals surface area contributed by atoms with Gasteiger partial charge < -0.3 is 14.2 Å². The molecule has 0 aliphatic carbocycles. The van der Waals surface area contributed by atoms with E-state index in [-0.39, 0.29) is 11.6 Å². The first-order valence-corrected chi connectivity index (χ1v) is 5.93. The summed E-state index contributed by atoms with van der Waals surface area (Å²) in [6.45, 7) is 8.70. The maximum absolute atomic E-state index is 11.9. The minimum Gasteiger partial charge on any atom is -0.464 e. The van der Waals surface area contributed by atoms with E-state index in [0.717, 1.165) is 6.42 Å². The summed E-state index contributed by atoms with van der Waals surface area (Å²) in [5.74, 6) is -0.237. The van der Waals surface area contributed by atoms with Crippen LogP contribution in [0.2, 0.25) is 0 Å². The van der Waals surface area contributed by atoms with Crippen LogP contribution in [0.4, 0.5) is 0 Å². The van der Waals surface area contributed by atoms with Gasteiger partial charge in [0.1, 0.15) is 5.60 Å². The maximum Gasteiger partial charge on any atom is 0.341 e. The third kappa shape index (κ3) is 1.47. The number of ether oxygens (including phenoxy) is 3. The first-order chi connectivity index (χ1) is 7.41. The summed E-state index contributed by atoms with van der Waals surface area (Å²) in [5.41, 5.74) is -1.39. The number of hydrogen-bond donors (Lipinski definition) is 0. The van der Waals surface area contributed by atoms with Gasteiger partial charge in [0.15, 0.2) is 5.60 Å². The fourth-order valence-electron chi connectivity index (χ4n) is 2.75. The zero-order valence-electron chi connectivity index (χ0n) is 10.5. The monoisotopic (exact) mass is 228 g/mol. The Balaban J connectivity index is 2.14. The fourth-order valence-corrected chi connectivity index (χ4v) is 2.75. The number of carbonyl (C=O) groups is 1. The van der Waals surface area contributed by atoms with Crippen molar-refractivity contribution in [3.63, 3.8) is 0 Å². The van der Waals surface area contributed by atoms with Crippen molar-refractivity contribution in [3.05, 3.63) is 0 Å². The van der Waals surface area contributed by atoms with E-state index in [9.17, 15) is 4.79 Å². The van der Waals surface area contributed by atoms with E-state index >= 15 is 0 Å². The molecule has 2 saturated heterocycles. The first kappa shape index (κ1) is 11.9. The standard InChI is InChI=1S/C12H20O4/c1-5-12(9(13)14-6-2)11(16-12)7-10(3,4)15-8-11/h5-8H2,1-4H3. The van der Waals surface area contributed by atoms with Gasteiger partial charge in [0.25, 0.3) is 0 Å². The molecule has 0 amide bonds. The van der Waals surface area contributed by atoms with Crippen LogP contribution < -0.4 is 0 Å². The van der Waals surface area contributed by atoms with Crippen molar-refractivity contribution < 1.29 is 19.0 Å². The van der Waals surface area contributed by atoms with Crippen LogP contribution in [0.15, 0.2) is 0 Å². The number of esters is 1. The fraction of sp³-hybridized carbons (Fsp3) is 0.917. The van der Waals surface area contributed by atoms with Gasteiger partial charge in [-0.2, -0.15) is 0 Å². The highest BCUT2D eigenvalue weighted by Crippen LogP contribution is 2.59. The van der Waals surface area contributed by atoms with Crippen molar-refractivity contribution in [2.75, 3.05) is 13.2 Å². The molecule has 0 aromatic heterocycles. The van der Waals surface area contributed by atoms with Crippen LogP contribution >= 0.6 is 0 Å². The van der Waals surface area contributed by atoms with Gasteiger partial charge in [0.2, 0.25) is 0 Å². The molecule has 2 fully saturated rings. The Bertz CT molecular complexity index is 312. The Hall–Kier alpha value is -0.610. The van der Waals surface area contributed by atoms with Crippen molar-refractivity contribution in [3.8, 4) is 0 Å². The molecule has 16 heavy (non-hydrogen) atoms. The molecule has 0 saturated carbocycles. The van der Waals surface area contributed by atoms with E-state index in [1.165, 1.54) is 0 Å². The quantitative estimate of drug-likeness (QED) is 0.544. The average Bonchev–Trinajstić information content (AvgIpc) is 2.73. The molecule has 2 atom stereocenters. The molecular formula is C12H20O4. The molecule has 0 N–H and O–H groups in total. The lowest BCUT2D eigenvalue weighted by atomic mass is 9.85. The van der Waals surface area contributed by atoms with E-state index in [0.29, 0.717) is 19.6 Å². The molecule has 2 unspecified atom stereocenters. The van der Waals surface area contributed by atoms with Gasteiger partial charge in [0.05, 0.1) is 18.8 Å². The lowest BCUT2D eigenvalue weighted by Crippen LogP contribution is -2.36. The summed E-state index contributed by atoms with van der Waals surface area (Å²) in [5, 5.41) is 0. The second kappa shape index (κ2) is 3.44. The SMILES string of the molecule is CCOC(=O)C1(CC)OC12COC(C)(C)C2. The average molecular weight is 228 g/mol. The lowest BCUT2D eigenvalue weighted by Gasteiger charge is -2.15. The van der Waals surface area contributed by atoms with Crippen LogP contribution in [0.25, 0.3) is 0 Å². The van der Waals surface area contributed by atoms with Crippen molar-refractivity contribution in [2.24, 2.45) is 0 Å². The minimum absolute atomic E-state index is 0.205. The number of epoxide rings is 1. The second-order valence-corrected chi connectivity index (χ2v) is 5.22. The van der Waals surface area contributed by atoms with Crippen LogP contribution in [0.5, 0.6) is 0 Å². The summed E-state index contributed by atoms with van der Waals surface area (Å²) in [6, 6.07) is 0. The molecule has 0 radical (unpaired) electrons. The number of carbonyl (C=O) groups excluding carboxylic acids is 1. The number of rotatable bonds is 3. The van der Waals surface area contributed by atoms with Gasteiger partial charge in [0, 0.05) is 6.42 Å². The second-order valence-electron chi connectivity index (χ2n) is 5.22. The van der Waals surface area contributed by atoms with Crippen molar-refractivity contribution >= 4 is 5.97 Å². The van der Waals surface area contributed by atoms with E-state index in [2.05, 4.69) is 0 Å². The van der Waals surface area contributed by atoms with E-state index in [1.54, 1.807) is 0 Å². The summed E-state index contributed by atoms with van der Waals surface area (Å²) in [4.78, 5) is 11.9. The molecule has 4 heteroatoms. The molecule has 2 rings (SSSR count). The summed E-state index contributed by atoms with van der Waals surface area (Å²) in [6.07, 6.45) is 1.40. The Morgan fingerprint density at radius 2 is 2.06 bits per heavy atom. The van der Waals surface area contributed by atoms with Crippen LogP contribution in [0.3, 0.4) is 0 Å². The van der Waals surface area contributed by atoms with Gasteiger partial charge in [-0.3, -0.25) is 0 Å². The van der Waals surface area contributed by atoms with Gasteiger partial charge >= 0.3 is 5.97 Å². The van der Waals surface area contributed by atoms with Gasteiger partial charge in [-0.05, 0) is 27.2 Å². The summed E-state index contributed by atoms with van der Waals surface area (Å²) >= 11 is 0. The molecule has 92 valence electrons. The molecular weight excluding hydrogens is 208 g/mol. The molecule has 2 aliphatic heterocycles. The minimum atomic E-state index is -0.753. The largest absolute Gasteiger partial charge is 0.464 e. The lowest BCUT2D eigenvalue weighted by molar-refractivity contribution is -0.149. The third-order valence-corrected chi connectivity index (χ3v) is 3.57. The highest BCUT2D eigenvalue weighted by Gasteiger charge is 2.77.